The summed E-state index contributed by atoms with van der Waals surface area (Å²) in [4.78, 5) is 22.4. The summed E-state index contributed by atoms with van der Waals surface area (Å²) in [6.07, 6.45) is 9.06. The number of carboxylic acid groups (broad SMARTS) is 1. The molecule has 0 heterocycles. The van der Waals surface area contributed by atoms with Crippen molar-refractivity contribution in [2.45, 2.75) is 64.8 Å². The topological polar surface area (TPSA) is 78.4 Å². The standard InChI is InChI=1S/C16H28N2O3/c1-12(15(19)20)6-5-7-13(2)18-16(21)17-11-10-14-8-3-4-9-14/h8,12-13H,3-7,9-11H2,1-2H3,(H,19,20)(H2,17,18,21). The van der Waals surface area contributed by atoms with Gasteiger partial charge < -0.3 is 15.7 Å². The molecule has 0 bridgehead atoms. The maximum absolute atomic E-state index is 11.7. The fraction of sp³-hybridized carbons (Fsp3) is 0.750. The van der Waals surface area contributed by atoms with Crippen LogP contribution in [-0.2, 0) is 4.79 Å². The largest absolute Gasteiger partial charge is 0.481 e. The van der Waals surface area contributed by atoms with Crippen LogP contribution in [0.5, 0.6) is 0 Å². The van der Waals surface area contributed by atoms with Gasteiger partial charge in [0.2, 0.25) is 0 Å². The minimum absolute atomic E-state index is 0.0664. The van der Waals surface area contributed by atoms with Gasteiger partial charge in [0, 0.05) is 12.6 Å². The van der Waals surface area contributed by atoms with Crippen LogP contribution in [0.4, 0.5) is 4.79 Å². The molecule has 0 radical (unpaired) electrons. The fourth-order valence-electron chi connectivity index (χ4n) is 2.50. The highest BCUT2D eigenvalue weighted by Gasteiger charge is 2.12. The molecule has 5 nitrogen and oxygen atoms in total. The van der Waals surface area contributed by atoms with Crippen LogP contribution in [0.25, 0.3) is 0 Å². The number of carbonyl (C=O) groups excluding carboxylic acids is 1. The Bertz CT molecular complexity index is 380. The third-order valence-electron chi connectivity index (χ3n) is 3.94. The molecule has 2 unspecified atom stereocenters. The molecule has 21 heavy (non-hydrogen) atoms. The summed E-state index contributed by atoms with van der Waals surface area (Å²) in [5.41, 5.74) is 1.45. The van der Waals surface area contributed by atoms with E-state index in [9.17, 15) is 9.59 Å². The second kappa shape index (κ2) is 9.42. The van der Waals surface area contributed by atoms with Crippen molar-refractivity contribution in [3.05, 3.63) is 11.6 Å². The van der Waals surface area contributed by atoms with Gasteiger partial charge in [0.1, 0.15) is 0 Å². The van der Waals surface area contributed by atoms with Gasteiger partial charge in [0.15, 0.2) is 0 Å². The molecule has 0 aromatic rings. The number of hydrogen-bond donors (Lipinski definition) is 3. The van der Waals surface area contributed by atoms with Crippen molar-refractivity contribution >= 4 is 12.0 Å². The second-order valence-corrected chi connectivity index (χ2v) is 5.98. The zero-order valence-electron chi connectivity index (χ0n) is 13.2. The maximum Gasteiger partial charge on any atom is 0.315 e. The normalized spacial score (nSPS) is 17.0. The first-order valence-electron chi connectivity index (χ1n) is 7.94. The Balaban J connectivity index is 2.05. The zero-order chi connectivity index (χ0) is 15.7. The average Bonchev–Trinajstić information content (AvgIpc) is 2.91. The third-order valence-corrected chi connectivity index (χ3v) is 3.94. The van der Waals surface area contributed by atoms with Crippen LogP contribution in [0.15, 0.2) is 11.6 Å². The number of carbonyl (C=O) groups is 2. The van der Waals surface area contributed by atoms with Crippen LogP contribution >= 0.6 is 0 Å². The molecule has 0 aromatic carbocycles. The Labute approximate surface area is 127 Å². The van der Waals surface area contributed by atoms with Gasteiger partial charge in [0.25, 0.3) is 0 Å². The van der Waals surface area contributed by atoms with E-state index in [1.54, 1.807) is 6.92 Å². The summed E-state index contributed by atoms with van der Waals surface area (Å²) in [5.74, 6) is -1.07. The summed E-state index contributed by atoms with van der Waals surface area (Å²) in [5, 5.41) is 14.6. The third kappa shape index (κ3) is 7.73. The molecule has 2 amide bonds. The van der Waals surface area contributed by atoms with Gasteiger partial charge in [-0.2, -0.15) is 0 Å². The quantitative estimate of drug-likeness (QED) is 0.572. The Kier molecular flexibility index (Phi) is 7.87. The van der Waals surface area contributed by atoms with Gasteiger partial charge in [-0.15, -0.1) is 0 Å². The summed E-state index contributed by atoms with van der Waals surface area (Å²) >= 11 is 0. The SMILES string of the molecule is CC(CCCC(C)C(=O)O)NC(=O)NCCC1=CCCC1. The smallest absolute Gasteiger partial charge is 0.315 e. The molecule has 0 fully saturated rings. The Morgan fingerprint density at radius 1 is 1.33 bits per heavy atom. The number of allylic oxidation sites excluding steroid dienone is 1. The summed E-state index contributed by atoms with van der Waals surface area (Å²) < 4.78 is 0. The van der Waals surface area contributed by atoms with E-state index < -0.39 is 5.97 Å². The van der Waals surface area contributed by atoms with E-state index in [4.69, 9.17) is 5.11 Å². The van der Waals surface area contributed by atoms with Gasteiger partial charge in [0.05, 0.1) is 5.92 Å². The molecule has 0 spiro atoms. The number of amides is 2. The number of aliphatic carboxylic acids is 1. The predicted octanol–water partition coefficient (Wildman–Crippen LogP) is 3.07. The first-order chi connectivity index (χ1) is 9.99. The second-order valence-electron chi connectivity index (χ2n) is 5.98. The zero-order valence-corrected chi connectivity index (χ0v) is 13.2. The molecule has 1 rings (SSSR count). The fourth-order valence-corrected chi connectivity index (χ4v) is 2.50. The first-order valence-corrected chi connectivity index (χ1v) is 7.94. The monoisotopic (exact) mass is 296 g/mol. The minimum atomic E-state index is -0.755. The van der Waals surface area contributed by atoms with Crippen LogP contribution < -0.4 is 10.6 Å². The Hall–Kier alpha value is -1.52. The molecular weight excluding hydrogens is 268 g/mol. The summed E-state index contributed by atoms with van der Waals surface area (Å²) in [7, 11) is 0. The van der Waals surface area contributed by atoms with Crippen molar-refractivity contribution in [1.29, 1.82) is 0 Å². The molecule has 5 heteroatoms. The lowest BCUT2D eigenvalue weighted by atomic mass is 10.0. The van der Waals surface area contributed by atoms with E-state index in [0.29, 0.717) is 13.0 Å². The van der Waals surface area contributed by atoms with Crippen LogP contribution in [0.3, 0.4) is 0 Å². The van der Waals surface area contributed by atoms with E-state index in [1.165, 1.54) is 24.8 Å². The van der Waals surface area contributed by atoms with Crippen molar-refractivity contribution in [3.8, 4) is 0 Å². The molecule has 1 aliphatic rings. The van der Waals surface area contributed by atoms with Crippen molar-refractivity contribution in [3.63, 3.8) is 0 Å². The van der Waals surface area contributed by atoms with Gasteiger partial charge in [-0.25, -0.2) is 4.79 Å². The highest BCUT2D eigenvalue weighted by Crippen LogP contribution is 2.19. The lowest BCUT2D eigenvalue weighted by Crippen LogP contribution is -2.41. The van der Waals surface area contributed by atoms with Gasteiger partial charge in [-0.05, 0) is 45.4 Å². The molecule has 0 saturated heterocycles. The van der Waals surface area contributed by atoms with Gasteiger partial charge in [-0.1, -0.05) is 25.0 Å². The number of carboxylic acids is 1. The number of nitrogens with one attached hydrogen (secondary N) is 2. The van der Waals surface area contributed by atoms with E-state index in [2.05, 4.69) is 16.7 Å². The van der Waals surface area contributed by atoms with Crippen molar-refractivity contribution in [1.82, 2.24) is 10.6 Å². The highest BCUT2D eigenvalue weighted by atomic mass is 16.4. The minimum Gasteiger partial charge on any atom is -0.481 e. The highest BCUT2D eigenvalue weighted by molar-refractivity contribution is 5.74. The van der Waals surface area contributed by atoms with E-state index in [-0.39, 0.29) is 18.0 Å². The molecule has 0 saturated carbocycles. The van der Waals surface area contributed by atoms with Crippen LogP contribution in [0, 0.1) is 5.92 Å². The number of urea groups is 1. The first kappa shape index (κ1) is 17.5. The molecule has 1 aliphatic carbocycles. The van der Waals surface area contributed by atoms with E-state index >= 15 is 0 Å². The Morgan fingerprint density at radius 3 is 2.71 bits per heavy atom. The van der Waals surface area contributed by atoms with Gasteiger partial charge in [-0.3, -0.25) is 4.79 Å². The molecule has 2 atom stereocenters. The van der Waals surface area contributed by atoms with Crippen LogP contribution in [-0.4, -0.2) is 29.7 Å². The maximum atomic E-state index is 11.7. The predicted molar refractivity (Wildman–Crippen MR) is 83.2 cm³/mol. The van der Waals surface area contributed by atoms with Crippen LogP contribution in [0.2, 0.25) is 0 Å². The molecule has 3 N–H and O–H groups in total. The average molecular weight is 296 g/mol. The van der Waals surface area contributed by atoms with Gasteiger partial charge >= 0.3 is 12.0 Å². The molecule has 120 valence electrons. The summed E-state index contributed by atoms with van der Waals surface area (Å²) in [6, 6.07) is -0.0657. The lowest BCUT2D eigenvalue weighted by molar-refractivity contribution is -0.141. The molecule has 0 aliphatic heterocycles. The summed E-state index contributed by atoms with van der Waals surface area (Å²) in [6.45, 7) is 4.34. The van der Waals surface area contributed by atoms with Crippen molar-refractivity contribution < 1.29 is 14.7 Å². The van der Waals surface area contributed by atoms with E-state index in [0.717, 1.165) is 19.3 Å². The molecular formula is C16H28N2O3. The van der Waals surface area contributed by atoms with E-state index in [1.807, 2.05) is 6.92 Å². The van der Waals surface area contributed by atoms with Crippen LogP contribution in [0.1, 0.15) is 58.8 Å². The van der Waals surface area contributed by atoms with Crippen molar-refractivity contribution in [2.75, 3.05) is 6.54 Å². The Morgan fingerprint density at radius 2 is 2.10 bits per heavy atom. The lowest BCUT2D eigenvalue weighted by Gasteiger charge is -2.15. The molecule has 0 aromatic heterocycles. The number of hydrogen-bond acceptors (Lipinski definition) is 2. The van der Waals surface area contributed by atoms with Crippen molar-refractivity contribution in [2.24, 2.45) is 5.92 Å². The number of rotatable bonds is 9.